The number of rotatable bonds is 6. The summed E-state index contributed by atoms with van der Waals surface area (Å²) in [5, 5.41) is 0. The number of piperidine rings is 1. The van der Waals surface area contributed by atoms with Crippen molar-refractivity contribution in [1.82, 2.24) is 4.90 Å². The molecule has 1 aliphatic heterocycles. The van der Waals surface area contributed by atoms with Crippen LogP contribution in [-0.2, 0) is 23.0 Å². The van der Waals surface area contributed by atoms with Crippen LogP contribution < -0.4 is 0 Å². The molecule has 0 N–H and O–H groups in total. The highest BCUT2D eigenvalue weighted by Gasteiger charge is 2.23. The molecule has 0 saturated carbocycles. The molecule has 1 unspecified atom stereocenters. The third kappa shape index (κ3) is 5.77. The zero-order valence-electron chi connectivity index (χ0n) is 16.3. The van der Waals surface area contributed by atoms with Crippen LogP contribution in [0.25, 0.3) is 0 Å². The van der Waals surface area contributed by atoms with Crippen molar-refractivity contribution in [3.05, 3.63) is 70.8 Å². The molecule has 0 aliphatic carbocycles. The second-order valence-electron chi connectivity index (χ2n) is 7.68. The predicted molar refractivity (Wildman–Crippen MR) is 112 cm³/mol. The maximum atomic E-state index is 12.8. The fourth-order valence-electron chi connectivity index (χ4n) is 3.76. The van der Waals surface area contributed by atoms with Crippen LogP contribution >= 0.6 is 0 Å². The smallest absolute Gasteiger partial charge is 0.253 e. The normalized spacial score (nSPS) is 16.3. The van der Waals surface area contributed by atoms with Gasteiger partial charge in [-0.25, -0.2) is 0 Å². The molecule has 144 valence electrons. The van der Waals surface area contributed by atoms with E-state index in [0.717, 1.165) is 43.5 Å². The summed E-state index contributed by atoms with van der Waals surface area (Å²) >= 11 is 0. The first-order chi connectivity index (χ1) is 13.0. The minimum absolute atomic E-state index is 0.107. The number of aryl methyl sites for hydroxylation is 2. The van der Waals surface area contributed by atoms with Crippen LogP contribution in [-0.4, -0.2) is 34.4 Å². The van der Waals surface area contributed by atoms with E-state index in [9.17, 15) is 9.00 Å². The zero-order valence-corrected chi connectivity index (χ0v) is 17.1. The number of hydrogen-bond donors (Lipinski definition) is 0. The lowest BCUT2D eigenvalue weighted by atomic mass is 9.90. The molecule has 1 aliphatic rings. The predicted octanol–water partition coefficient (Wildman–Crippen LogP) is 4.36. The lowest BCUT2D eigenvalue weighted by Gasteiger charge is -2.32. The van der Waals surface area contributed by atoms with Gasteiger partial charge in [0.2, 0.25) is 0 Å². The summed E-state index contributed by atoms with van der Waals surface area (Å²) in [5.74, 6) is 1.31. The maximum Gasteiger partial charge on any atom is 0.253 e. The molecular weight excluding hydrogens is 354 g/mol. The van der Waals surface area contributed by atoms with Gasteiger partial charge in [-0.3, -0.25) is 9.00 Å². The van der Waals surface area contributed by atoms with Gasteiger partial charge in [0.1, 0.15) is 0 Å². The van der Waals surface area contributed by atoms with Crippen LogP contribution in [0.4, 0.5) is 0 Å². The highest BCUT2D eigenvalue weighted by molar-refractivity contribution is 7.83. The monoisotopic (exact) mass is 383 g/mol. The summed E-state index contributed by atoms with van der Waals surface area (Å²) < 4.78 is 11.4. The number of benzene rings is 2. The Bertz CT molecular complexity index is 792. The molecule has 3 rings (SSSR count). The Hall–Kier alpha value is -1.94. The van der Waals surface area contributed by atoms with Gasteiger partial charge in [0.25, 0.3) is 5.91 Å². The Labute approximate surface area is 165 Å². The molecule has 3 nitrogen and oxygen atoms in total. The number of amides is 1. The molecule has 0 radical (unpaired) electrons. The molecule has 1 amide bonds. The molecule has 27 heavy (non-hydrogen) atoms. The first kappa shape index (κ1) is 19.8. The highest BCUT2D eigenvalue weighted by atomic mass is 32.2. The Morgan fingerprint density at radius 1 is 1.07 bits per heavy atom. The van der Waals surface area contributed by atoms with Gasteiger partial charge in [0.05, 0.1) is 0 Å². The van der Waals surface area contributed by atoms with E-state index in [-0.39, 0.29) is 5.91 Å². The minimum atomic E-state index is -0.892. The first-order valence-corrected chi connectivity index (χ1v) is 11.5. The molecule has 1 atom stereocenters. The summed E-state index contributed by atoms with van der Waals surface area (Å²) in [6.45, 7) is 3.79. The highest BCUT2D eigenvalue weighted by Crippen LogP contribution is 2.24. The fraction of sp³-hybridized carbons (Fsp3) is 0.435. The average Bonchev–Trinajstić information content (AvgIpc) is 2.67. The van der Waals surface area contributed by atoms with Gasteiger partial charge >= 0.3 is 0 Å². The Kier molecular flexibility index (Phi) is 6.84. The number of nitrogens with zero attached hydrogens (tertiary/aromatic N) is 1. The van der Waals surface area contributed by atoms with Crippen molar-refractivity contribution in [2.45, 2.75) is 38.4 Å². The SMILES string of the molecule is Cc1ccc(CCC2CCN(C(=O)c3cccc(CS(C)=O)c3)CC2)cc1. The summed E-state index contributed by atoms with van der Waals surface area (Å²) in [6, 6.07) is 16.4. The van der Waals surface area contributed by atoms with Crippen LogP contribution in [0.3, 0.4) is 0 Å². The van der Waals surface area contributed by atoms with E-state index in [4.69, 9.17) is 0 Å². The molecule has 4 heteroatoms. The van der Waals surface area contributed by atoms with E-state index in [2.05, 4.69) is 31.2 Å². The molecule has 0 bridgehead atoms. The number of likely N-dealkylation sites (tertiary alicyclic amines) is 1. The molecule has 1 fully saturated rings. The van der Waals surface area contributed by atoms with Gasteiger partial charge in [-0.15, -0.1) is 0 Å². The van der Waals surface area contributed by atoms with Gasteiger partial charge in [-0.1, -0.05) is 42.0 Å². The summed E-state index contributed by atoms with van der Waals surface area (Å²) in [5.41, 5.74) is 4.40. The van der Waals surface area contributed by atoms with E-state index in [0.29, 0.717) is 11.7 Å². The van der Waals surface area contributed by atoms with Crippen molar-refractivity contribution in [3.8, 4) is 0 Å². The van der Waals surface area contributed by atoms with Gasteiger partial charge in [0, 0.05) is 41.5 Å². The van der Waals surface area contributed by atoms with Crippen molar-refractivity contribution < 1.29 is 9.00 Å². The quantitative estimate of drug-likeness (QED) is 0.743. The molecule has 1 heterocycles. The lowest BCUT2D eigenvalue weighted by molar-refractivity contribution is 0.0687. The number of carbonyl (C=O) groups excluding carboxylic acids is 1. The molecular formula is C23H29NO2S. The molecule has 1 saturated heterocycles. The van der Waals surface area contributed by atoms with Crippen LogP contribution in [0.15, 0.2) is 48.5 Å². The standard InChI is InChI=1S/C23H29NO2S/c1-18-6-8-19(9-7-18)10-11-20-12-14-24(15-13-20)23(25)22-5-3-4-21(16-22)17-27(2)26/h3-9,16,20H,10-15,17H2,1-2H3. The fourth-order valence-corrected chi connectivity index (χ4v) is 4.41. The minimum Gasteiger partial charge on any atom is -0.339 e. The number of carbonyl (C=O) groups is 1. The largest absolute Gasteiger partial charge is 0.339 e. The van der Waals surface area contributed by atoms with E-state index in [1.807, 2.05) is 29.2 Å². The zero-order chi connectivity index (χ0) is 19.2. The first-order valence-electron chi connectivity index (χ1n) is 9.75. The van der Waals surface area contributed by atoms with E-state index in [1.54, 1.807) is 6.26 Å². The van der Waals surface area contributed by atoms with E-state index < -0.39 is 10.8 Å². The van der Waals surface area contributed by atoms with Crippen molar-refractivity contribution in [2.75, 3.05) is 19.3 Å². The Balaban J connectivity index is 1.50. The lowest BCUT2D eigenvalue weighted by Crippen LogP contribution is -2.38. The van der Waals surface area contributed by atoms with Crippen LogP contribution in [0.5, 0.6) is 0 Å². The summed E-state index contributed by atoms with van der Waals surface area (Å²) in [6.07, 6.45) is 6.17. The van der Waals surface area contributed by atoms with Crippen molar-refractivity contribution in [3.63, 3.8) is 0 Å². The molecule has 0 spiro atoms. The second kappa shape index (κ2) is 9.32. The maximum absolute atomic E-state index is 12.8. The summed E-state index contributed by atoms with van der Waals surface area (Å²) in [4.78, 5) is 14.8. The summed E-state index contributed by atoms with van der Waals surface area (Å²) in [7, 11) is -0.892. The average molecular weight is 384 g/mol. The van der Waals surface area contributed by atoms with Gasteiger partial charge in [-0.2, -0.15) is 0 Å². The van der Waals surface area contributed by atoms with Crippen molar-refractivity contribution in [1.29, 1.82) is 0 Å². The third-order valence-electron chi connectivity index (χ3n) is 5.41. The van der Waals surface area contributed by atoms with Crippen LogP contribution in [0.2, 0.25) is 0 Å². The Morgan fingerprint density at radius 2 is 1.78 bits per heavy atom. The molecule has 0 aromatic heterocycles. The van der Waals surface area contributed by atoms with Crippen LogP contribution in [0.1, 0.15) is 46.3 Å². The van der Waals surface area contributed by atoms with E-state index in [1.165, 1.54) is 17.5 Å². The third-order valence-corrected chi connectivity index (χ3v) is 6.15. The topological polar surface area (TPSA) is 37.4 Å². The van der Waals surface area contributed by atoms with Crippen molar-refractivity contribution >= 4 is 16.7 Å². The van der Waals surface area contributed by atoms with Crippen molar-refractivity contribution in [2.24, 2.45) is 5.92 Å². The number of hydrogen-bond acceptors (Lipinski definition) is 2. The van der Waals surface area contributed by atoms with Crippen LogP contribution in [0, 0.1) is 12.8 Å². The molecule has 2 aromatic rings. The second-order valence-corrected chi connectivity index (χ2v) is 9.11. The molecule has 2 aromatic carbocycles. The Morgan fingerprint density at radius 3 is 2.44 bits per heavy atom. The van der Waals surface area contributed by atoms with E-state index >= 15 is 0 Å². The van der Waals surface area contributed by atoms with Gasteiger partial charge < -0.3 is 4.90 Å². The van der Waals surface area contributed by atoms with Gasteiger partial charge in [-0.05, 0) is 61.8 Å². The van der Waals surface area contributed by atoms with Gasteiger partial charge in [0.15, 0.2) is 0 Å².